The molecule has 2 saturated heterocycles. The van der Waals surface area contributed by atoms with Crippen LogP contribution in [0.15, 0.2) is 73.3 Å². The van der Waals surface area contributed by atoms with Gasteiger partial charge in [0.15, 0.2) is 23.3 Å². The van der Waals surface area contributed by atoms with Crippen LogP contribution in [0.4, 0.5) is 41.1 Å². The minimum absolute atomic E-state index is 0.000407. The van der Waals surface area contributed by atoms with Gasteiger partial charge in [0.25, 0.3) is 0 Å². The molecule has 85 heavy (non-hydrogen) atoms. The number of ether oxygens (including phenoxy) is 2. The summed E-state index contributed by atoms with van der Waals surface area (Å²) in [6, 6.07) is 14.3. The van der Waals surface area contributed by atoms with Crippen LogP contribution in [0.2, 0.25) is 0 Å². The Hall–Kier alpha value is -7.08. The molecule has 0 unspecified atom stereocenters. The summed E-state index contributed by atoms with van der Waals surface area (Å²) in [5.41, 5.74) is 4.11. The molecule has 0 saturated carbocycles. The van der Waals surface area contributed by atoms with Gasteiger partial charge in [-0.2, -0.15) is 0 Å². The zero-order chi connectivity index (χ0) is 60.9. The minimum atomic E-state index is -0.646. The molecule has 0 radical (unpaired) electrons. The van der Waals surface area contributed by atoms with Crippen molar-refractivity contribution in [1.29, 1.82) is 0 Å². The van der Waals surface area contributed by atoms with Crippen LogP contribution in [0.25, 0.3) is 44.6 Å². The van der Waals surface area contributed by atoms with Gasteiger partial charge in [-0.15, -0.1) is 0 Å². The standard InChI is InChI=1S/C32H42F2N8O.C31H40F2N8O/c1-7-40(8-2)12-11-32(6)20-41(13-14-43-32)19-23-9-10-28(35-17-23)38-31-36-18-26(34)29(39-31)24-15-25(33)30-27(16-24)42(21(3)4)22(5)37-30;1-19(2)41-21(4)36-29-24(32)12-23(13-26(29)41)28-25(33)16-35-30(38-28)37-27-9-8-22(15-34-27)17-40-10-11-42-31(5,18-40)14-20(3)39(6)7/h9-10,15-18,21H,7-8,11-14,19-20H2,1-6H3,(H,35,36,38,39);8-9,12-13,15-16,19-20H,10-11,14,17-18H2,1-7H3,(H,34,35,37,38)/t32-;20-,31-/m10/s1. The number of aryl methyl sites for hydroxylation is 2. The number of morpholine rings is 2. The normalized spacial score (nSPS) is 18.3. The Morgan fingerprint density at radius 2 is 1.04 bits per heavy atom. The van der Waals surface area contributed by atoms with Gasteiger partial charge in [-0.1, -0.05) is 26.0 Å². The van der Waals surface area contributed by atoms with E-state index in [0.29, 0.717) is 64.7 Å². The van der Waals surface area contributed by atoms with Crippen LogP contribution in [0.1, 0.15) is 110 Å². The third kappa shape index (κ3) is 15.0. The molecule has 2 N–H and O–H groups in total. The van der Waals surface area contributed by atoms with Gasteiger partial charge in [0.1, 0.15) is 45.7 Å². The van der Waals surface area contributed by atoms with E-state index in [9.17, 15) is 8.78 Å². The number of anilines is 4. The molecule has 3 atom stereocenters. The minimum Gasteiger partial charge on any atom is -0.373 e. The Morgan fingerprint density at radius 3 is 1.45 bits per heavy atom. The molecule has 8 heterocycles. The summed E-state index contributed by atoms with van der Waals surface area (Å²) >= 11 is 0. The number of nitrogens with zero attached hydrogens (tertiary/aromatic N) is 14. The number of halogens is 4. The predicted octanol–water partition coefficient (Wildman–Crippen LogP) is 11.9. The second-order valence-corrected chi connectivity index (χ2v) is 23.8. The fraction of sp³-hybridized carbons (Fsp3) is 0.492. The van der Waals surface area contributed by atoms with E-state index in [4.69, 9.17) is 9.47 Å². The van der Waals surface area contributed by atoms with Gasteiger partial charge in [0, 0.05) is 87.5 Å². The molecular weight excluding hydrogens is 1090 g/mol. The van der Waals surface area contributed by atoms with Crippen LogP contribution in [0, 0.1) is 37.1 Å². The zero-order valence-electron chi connectivity index (χ0n) is 51.4. The van der Waals surface area contributed by atoms with Crippen molar-refractivity contribution in [2.24, 2.45) is 0 Å². The summed E-state index contributed by atoms with van der Waals surface area (Å²) in [7, 11) is 4.19. The molecule has 454 valence electrons. The Labute approximate surface area is 496 Å². The molecule has 18 nitrogen and oxygen atoms in total. The Bertz CT molecular complexity index is 3570. The number of rotatable bonds is 20. The van der Waals surface area contributed by atoms with Gasteiger partial charge < -0.3 is 39.0 Å². The first kappa shape index (κ1) is 62.5. The molecule has 0 amide bonds. The quantitative estimate of drug-likeness (QED) is 0.0691. The van der Waals surface area contributed by atoms with Gasteiger partial charge in [0.05, 0.1) is 47.8 Å². The summed E-state index contributed by atoms with van der Waals surface area (Å²) in [6.07, 6.45) is 7.77. The topological polar surface area (TPSA) is 168 Å². The molecule has 8 aromatic rings. The molecular formula is C63H82F4N16O2. The summed E-state index contributed by atoms with van der Waals surface area (Å²) in [5.74, 6) is 0.438. The second kappa shape index (κ2) is 26.7. The van der Waals surface area contributed by atoms with Crippen LogP contribution in [0.5, 0.6) is 0 Å². The average Bonchev–Trinajstić information content (AvgIpc) is 3.47. The third-order valence-corrected chi connectivity index (χ3v) is 16.2. The lowest BCUT2D eigenvalue weighted by molar-refractivity contribution is -0.111. The van der Waals surface area contributed by atoms with Crippen molar-refractivity contribution >= 4 is 45.6 Å². The van der Waals surface area contributed by atoms with Gasteiger partial charge in [-0.25, -0.2) is 57.4 Å². The van der Waals surface area contributed by atoms with Crippen molar-refractivity contribution in [2.75, 3.05) is 83.8 Å². The number of hydrogen-bond donors (Lipinski definition) is 2. The smallest absolute Gasteiger partial charge is 0.229 e. The summed E-state index contributed by atoms with van der Waals surface area (Å²) in [4.78, 5) is 44.2. The van der Waals surface area contributed by atoms with E-state index in [-0.39, 0.29) is 57.6 Å². The highest BCUT2D eigenvalue weighted by Gasteiger charge is 2.35. The zero-order valence-corrected chi connectivity index (χ0v) is 51.4. The van der Waals surface area contributed by atoms with E-state index in [2.05, 4.69) is 119 Å². The van der Waals surface area contributed by atoms with Crippen LogP contribution >= 0.6 is 0 Å². The van der Waals surface area contributed by atoms with Crippen molar-refractivity contribution in [3.05, 3.63) is 119 Å². The SMILES string of the molecule is CCN(CC)CC[C@]1(C)CN(Cc2ccc(Nc3ncc(F)c(-c4cc(F)c5nc(C)n(C(C)C)c5c4)n3)nc2)CCO1.Cc1nc2c(F)cc(-c3nc(Nc4ccc(CN5CCO[C@@](C)(C[C@H](C)N(C)C)C5)cn4)ncc3F)cc2n1C(C)C. The lowest BCUT2D eigenvalue weighted by atomic mass is 9.94. The molecule has 2 fully saturated rings. The molecule has 0 aliphatic carbocycles. The second-order valence-electron chi connectivity index (χ2n) is 23.8. The molecule has 2 aromatic carbocycles. The maximum atomic E-state index is 15.0. The van der Waals surface area contributed by atoms with Gasteiger partial charge in [-0.05, 0) is 150 Å². The number of imidazole rings is 2. The van der Waals surface area contributed by atoms with Crippen molar-refractivity contribution < 1.29 is 27.0 Å². The Morgan fingerprint density at radius 1 is 0.588 bits per heavy atom. The Balaban J connectivity index is 0.000000204. The van der Waals surface area contributed by atoms with E-state index in [1.807, 2.05) is 87.3 Å². The first-order valence-electron chi connectivity index (χ1n) is 29.5. The van der Waals surface area contributed by atoms with Crippen molar-refractivity contribution in [3.63, 3.8) is 0 Å². The largest absolute Gasteiger partial charge is 0.373 e. The van der Waals surface area contributed by atoms with E-state index < -0.39 is 23.3 Å². The number of pyridine rings is 2. The summed E-state index contributed by atoms with van der Waals surface area (Å²) in [5, 5.41) is 6.11. The highest BCUT2D eigenvalue weighted by molar-refractivity contribution is 5.84. The molecule has 2 aliphatic rings. The highest BCUT2D eigenvalue weighted by atomic mass is 19.1. The fourth-order valence-electron chi connectivity index (χ4n) is 11.6. The van der Waals surface area contributed by atoms with Crippen LogP contribution in [-0.2, 0) is 22.6 Å². The van der Waals surface area contributed by atoms with Crippen LogP contribution < -0.4 is 10.6 Å². The number of aromatic nitrogens is 10. The monoisotopic (exact) mass is 1170 g/mol. The third-order valence-electron chi connectivity index (χ3n) is 16.2. The lowest BCUT2D eigenvalue weighted by Gasteiger charge is -2.42. The first-order valence-corrected chi connectivity index (χ1v) is 29.5. The Kier molecular flexibility index (Phi) is 19.6. The maximum Gasteiger partial charge on any atom is 0.229 e. The van der Waals surface area contributed by atoms with E-state index >= 15 is 8.78 Å². The van der Waals surface area contributed by atoms with Gasteiger partial charge in [0.2, 0.25) is 11.9 Å². The number of benzene rings is 2. The molecule has 0 spiro atoms. The molecule has 22 heteroatoms. The first-order chi connectivity index (χ1) is 40.5. The average molecular weight is 1170 g/mol. The van der Waals surface area contributed by atoms with Crippen molar-refractivity contribution in [3.8, 4) is 22.5 Å². The van der Waals surface area contributed by atoms with Gasteiger partial charge in [-0.3, -0.25) is 9.80 Å². The summed E-state index contributed by atoms with van der Waals surface area (Å²) in [6.45, 7) is 32.2. The van der Waals surface area contributed by atoms with Crippen LogP contribution in [0.3, 0.4) is 0 Å². The fourth-order valence-corrected chi connectivity index (χ4v) is 11.6. The lowest BCUT2D eigenvalue weighted by Crippen LogP contribution is -2.52. The molecule has 2 aliphatic heterocycles. The maximum absolute atomic E-state index is 15.0. The summed E-state index contributed by atoms with van der Waals surface area (Å²) < 4.78 is 76.1. The number of hydrogen-bond acceptors (Lipinski definition) is 16. The molecule has 0 bridgehead atoms. The molecule has 6 aromatic heterocycles. The van der Waals surface area contributed by atoms with E-state index in [0.717, 1.165) is 95.3 Å². The van der Waals surface area contributed by atoms with Gasteiger partial charge >= 0.3 is 0 Å². The van der Waals surface area contributed by atoms with E-state index in [1.165, 1.54) is 12.1 Å². The van der Waals surface area contributed by atoms with Crippen molar-refractivity contribution in [1.82, 2.24) is 68.6 Å². The van der Waals surface area contributed by atoms with Crippen molar-refractivity contribution in [2.45, 2.75) is 131 Å². The number of nitrogens with one attached hydrogen (secondary N) is 2. The molecule has 10 rings (SSSR count). The highest BCUT2D eigenvalue weighted by Crippen LogP contribution is 2.34. The van der Waals surface area contributed by atoms with E-state index in [1.54, 1.807) is 12.1 Å². The van der Waals surface area contributed by atoms with Crippen LogP contribution in [-0.4, -0.2) is 159 Å². The predicted molar refractivity (Wildman–Crippen MR) is 326 cm³/mol. The number of fused-ring (bicyclic) bond motifs is 2.